The van der Waals surface area contributed by atoms with Gasteiger partial charge < -0.3 is 44.5 Å². The number of benzene rings is 4. The summed E-state index contributed by atoms with van der Waals surface area (Å²) in [5, 5.41) is 3.54. The maximum absolute atomic E-state index is 13.9. The molecule has 5 N–H and O–H groups in total. The van der Waals surface area contributed by atoms with E-state index in [4.69, 9.17) is 24.4 Å². The molecule has 3 saturated heterocycles. The molecule has 1 aliphatic carbocycles. The summed E-state index contributed by atoms with van der Waals surface area (Å²) < 4.78 is 9.84. The average Bonchev–Trinajstić information content (AvgIpc) is 1.66. The molecule has 0 unspecified atom stereocenters. The smallest absolute Gasteiger partial charge is 0.409 e. The van der Waals surface area contributed by atoms with Gasteiger partial charge in [-0.3, -0.25) is 19.4 Å². The number of H-pyrrole nitrogens is 4. The zero-order valence-corrected chi connectivity index (χ0v) is 55.1. The first-order valence-corrected chi connectivity index (χ1v) is 32.5. The maximum atomic E-state index is 13.9. The Morgan fingerprint density at radius 3 is 1.42 bits per heavy atom. The van der Waals surface area contributed by atoms with E-state index in [1.807, 2.05) is 86.2 Å². The summed E-state index contributed by atoms with van der Waals surface area (Å²) in [7, 11) is 5.84. The standard InChI is InChI=1S/C44H56N8O6.C29H31N5/c1-25(2)37(49(7)43(55)57-9)41(53)51-23-27(5)19-35(51)39-45-22-34(48-39)31-16-13-29(14-17-31)11-12-30-15-18-32-33(21-30)47-40(46-32)36-20-28(6)24-52(36)42(54)38(26(3)4)50(8)44(56)58-10;1-18-3-9-23(13-18)28-32-24-12-8-21(15-25(24)33-28)5-4-20-6-10-22(11-7-20)27-17-31-29(34-27)26-14-19(2)16-30-26/h13-18,21-22,25-28,35-38H,19-20,23-24H2,1-10H3,(H,45,48)(H,46,47);6-8,10-12,15,17-19,23,26,30H,3,9,13-14,16H2,1-2H3,(H,31,34)(H,32,33)/t27-,28-,35-,36-,37-,38-;18-,19+,23+,26+/m01/s1. The predicted octanol–water partition coefficient (Wildman–Crippen LogP) is 12.5. The van der Waals surface area contributed by atoms with Crippen molar-refractivity contribution >= 4 is 46.1 Å². The van der Waals surface area contributed by atoms with Crippen molar-refractivity contribution in [1.82, 2.24) is 64.8 Å². The van der Waals surface area contributed by atoms with Crippen molar-refractivity contribution in [1.29, 1.82) is 0 Å². The van der Waals surface area contributed by atoms with Crippen molar-refractivity contribution < 1.29 is 28.7 Å². The number of methoxy groups -OCH3 is 2. The molecule has 4 aliphatic rings. The van der Waals surface area contributed by atoms with Crippen molar-refractivity contribution in [3.05, 3.63) is 143 Å². The van der Waals surface area contributed by atoms with E-state index in [0.717, 1.165) is 110 Å². The Labute approximate surface area is 539 Å². The Balaban J connectivity index is 0.000000215. The molecular weight excluding hydrogens is 1150 g/mol. The third-order valence-electron chi connectivity index (χ3n) is 18.8. The van der Waals surface area contributed by atoms with Crippen molar-refractivity contribution in [2.45, 2.75) is 130 Å². The lowest BCUT2D eigenvalue weighted by molar-refractivity contribution is -0.139. The van der Waals surface area contributed by atoms with Crippen LogP contribution in [0.25, 0.3) is 44.6 Å². The molecule has 1 saturated carbocycles. The molecule has 480 valence electrons. The van der Waals surface area contributed by atoms with E-state index in [2.05, 4.69) is 124 Å². The van der Waals surface area contributed by atoms with Gasteiger partial charge in [0.05, 0.1) is 78.2 Å². The SMILES string of the molecule is COC(=O)N(C)[C@H](C(=O)N1C[C@@H](C)C[C@H]1c1ncc(-c2ccc(C#Cc3ccc4nc([C@@H]5C[C@H](C)CN5C(=O)[C@H](C(C)C)N(C)C(=O)OC)[nH]c4c3)cc2)[nH]1)C(C)C.C[C@@H]1CC[C@H](c2nc3ccc(C#Cc4ccc(-c5cnc([C@@H]6C[C@H](C)CN6)[nH]5)cc4)cc3[nH]2)C1. The number of nitrogens with one attached hydrogen (secondary N) is 5. The molecule has 7 heterocycles. The van der Waals surface area contributed by atoms with Gasteiger partial charge in [-0.25, -0.2) is 29.5 Å². The van der Waals surface area contributed by atoms with Gasteiger partial charge in [0.25, 0.3) is 0 Å². The highest BCUT2D eigenvalue weighted by molar-refractivity contribution is 5.88. The number of likely N-dealkylation sites (N-methyl/N-ethyl adjacent to an activating group) is 2. The van der Waals surface area contributed by atoms with Gasteiger partial charge in [0.15, 0.2) is 0 Å². The second-order valence-corrected chi connectivity index (χ2v) is 26.9. The zero-order chi connectivity index (χ0) is 65.1. The van der Waals surface area contributed by atoms with Crippen molar-refractivity contribution in [3.63, 3.8) is 0 Å². The highest BCUT2D eigenvalue weighted by atomic mass is 16.5. The summed E-state index contributed by atoms with van der Waals surface area (Å²) in [6.07, 6.45) is 9.06. The van der Waals surface area contributed by atoms with Gasteiger partial charge in [0.1, 0.15) is 35.4 Å². The molecule has 0 bridgehead atoms. The Morgan fingerprint density at radius 2 is 0.967 bits per heavy atom. The van der Waals surface area contributed by atoms with Crippen LogP contribution in [0.2, 0.25) is 0 Å². The van der Waals surface area contributed by atoms with E-state index in [1.54, 1.807) is 20.3 Å². The third-order valence-corrected chi connectivity index (χ3v) is 18.8. The van der Waals surface area contributed by atoms with E-state index in [0.29, 0.717) is 42.6 Å². The Hall–Kier alpha value is -9.20. The average molecular weight is 1240 g/mol. The fraction of sp³-hybridized carbons (Fsp3) is 0.452. The highest BCUT2D eigenvalue weighted by Gasteiger charge is 2.44. The van der Waals surface area contributed by atoms with Crippen LogP contribution in [0.1, 0.15) is 164 Å². The lowest BCUT2D eigenvalue weighted by Crippen LogP contribution is -2.52. The van der Waals surface area contributed by atoms with Gasteiger partial charge in [-0.05, 0) is 152 Å². The van der Waals surface area contributed by atoms with Crippen LogP contribution < -0.4 is 5.32 Å². The number of hydrogen-bond acceptors (Lipinski definition) is 11. The normalized spacial score (nSPS) is 21.8. The third kappa shape index (κ3) is 14.1. The fourth-order valence-corrected chi connectivity index (χ4v) is 14.0. The van der Waals surface area contributed by atoms with Crippen molar-refractivity contribution in [3.8, 4) is 46.2 Å². The number of aromatic nitrogens is 8. The molecule has 4 fully saturated rings. The van der Waals surface area contributed by atoms with Crippen LogP contribution in [-0.2, 0) is 19.1 Å². The van der Waals surface area contributed by atoms with Crippen LogP contribution >= 0.6 is 0 Å². The number of nitrogens with zero attached hydrogens (tertiary/aromatic N) is 8. The van der Waals surface area contributed by atoms with Crippen molar-refractivity contribution in [2.75, 3.05) is 47.9 Å². The quantitative estimate of drug-likeness (QED) is 0.0723. The Bertz CT molecular complexity index is 4080. The number of carbonyl (C=O) groups is 4. The summed E-state index contributed by atoms with van der Waals surface area (Å²) in [6.45, 7) is 18.8. The minimum atomic E-state index is -0.659. The van der Waals surface area contributed by atoms with Crippen LogP contribution in [-0.4, -0.2) is 144 Å². The van der Waals surface area contributed by atoms with E-state index in [9.17, 15) is 19.2 Å². The Morgan fingerprint density at radius 1 is 0.522 bits per heavy atom. The van der Waals surface area contributed by atoms with E-state index < -0.39 is 24.3 Å². The maximum Gasteiger partial charge on any atom is 0.409 e. The number of amides is 4. The molecule has 10 atom stereocenters. The molecule has 19 heteroatoms. The van der Waals surface area contributed by atoms with Gasteiger partial charge >= 0.3 is 12.2 Å². The summed E-state index contributed by atoms with van der Waals surface area (Å²) in [4.78, 5) is 92.0. The zero-order valence-electron chi connectivity index (χ0n) is 55.1. The number of likely N-dealkylation sites (tertiary alicyclic amines) is 2. The number of hydrogen-bond donors (Lipinski definition) is 5. The fourth-order valence-electron chi connectivity index (χ4n) is 14.0. The van der Waals surface area contributed by atoms with Gasteiger partial charge in [-0.15, -0.1) is 0 Å². The highest BCUT2D eigenvalue weighted by Crippen LogP contribution is 2.40. The van der Waals surface area contributed by atoms with Gasteiger partial charge in [-0.2, -0.15) is 0 Å². The van der Waals surface area contributed by atoms with Crippen molar-refractivity contribution in [2.24, 2.45) is 35.5 Å². The summed E-state index contributed by atoms with van der Waals surface area (Å²) in [5.41, 5.74) is 11.4. The predicted molar refractivity (Wildman–Crippen MR) is 357 cm³/mol. The van der Waals surface area contributed by atoms with E-state index in [1.165, 1.54) is 43.3 Å². The molecule has 8 aromatic rings. The second kappa shape index (κ2) is 27.7. The molecule has 4 aromatic heterocycles. The number of fused-ring (bicyclic) bond motifs is 2. The number of ether oxygens (including phenoxy) is 2. The first-order valence-electron chi connectivity index (χ1n) is 32.5. The number of carbonyl (C=O) groups excluding carboxylic acids is 4. The summed E-state index contributed by atoms with van der Waals surface area (Å²) in [6, 6.07) is 26.9. The summed E-state index contributed by atoms with van der Waals surface area (Å²) in [5.74, 6) is 18.9. The van der Waals surface area contributed by atoms with Crippen LogP contribution in [0.4, 0.5) is 9.59 Å². The largest absolute Gasteiger partial charge is 0.453 e. The second-order valence-electron chi connectivity index (χ2n) is 26.9. The number of aromatic amines is 4. The number of rotatable bonds is 12. The molecule has 12 rings (SSSR count). The molecule has 0 spiro atoms. The van der Waals surface area contributed by atoms with Gasteiger partial charge in [0, 0.05) is 55.4 Å². The molecule has 92 heavy (non-hydrogen) atoms. The van der Waals surface area contributed by atoms with Crippen LogP contribution in [0.3, 0.4) is 0 Å². The molecular formula is C73H87N13O6. The Kier molecular flexibility index (Phi) is 19.4. The lowest BCUT2D eigenvalue weighted by atomic mass is 10.0. The van der Waals surface area contributed by atoms with Crippen LogP contribution in [0.5, 0.6) is 0 Å². The van der Waals surface area contributed by atoms with Crippen LogP contribution in [0.15, 0.2) is 97.3 Å². The van der Waals surface area contributed by atoms with Gasteiger partial charge in [-0.1, -0.05) is 103 Å². The number of imidazole rings is 4. The first kappa shape index (κ1) is 64.3. The van der Waals surface area contributed by atoms with E-state index >= 15 is 0 Å². The minimum absolute atomic E-state index is 0.105. The minimum Gasteiger partial charge on any atom is -0.453 e. The van der Waals surface area contributed by atoms with Crippen LogP contribution in [0, 0.1) is 59.2 Å². The summed E-state index contributed by atoms with van der Waals surface area (Å²) >= 11 is 0. The molecule has 3 aliphatic heterocycles. The monoisotopic (exact) mass is 1240 g/mol. The molecule has 4 aromatic carbocycles. The van der Waals surface area contributed by atoms with E-state index in [-0.39, 0.29) is 47.6 Å². The molecule has 4 amide bonds. The topological polar surface area (TPSA) is 226 Å². The van der Waals surface area contributed by atoms with Gasteiger partial charge in [0.2, 0.25) is 11.8 Å². The molecule has 0 radical (unpaired) electrons. The first-order chi connectivity index (χ1) is 44.2. The molecule has 19 nitrogen and oxygen atoms in total. The lowest BCUT2D eigenvalue weighted by Gasteiger charge is -2.34.